The molecule has 1 rings (SSSR count). The predicted octanol–water partition coefficient (Wildman–Crippen LogP) is 0.739. The third-order valence-corrected chi connectivity index (χ3v) is 5.47. The van der Waals surface area contributed by atoms with Gasteiger partial charge in [-0.15, -0.1) is 0 Å². The van der Waals surface area contributed by atoms with Crippen molar-refractivity contribution in [2.45, 2.75) is 39.8 Å². The van der Waals surface area contributed by atoms with Gasteiger partial charge in [0, 0.05) is 31.7 Å². The number of nitrogens with one attached hydrogen (secondary N) is 1. The Labute approximate surface area is 106 Å². The lowest BCUT2D eigenvalue weighted by Gasteiger charge is -2.33. The van der Waals surface area contributed by atoms with Gasteiger partial charge in [-0.3, -0.25) is 4.90 Å². The second kappa shape index (κ2) is 6.16. The summed E-state index contributed by atoms with van der Waals surface area (Å²) in [7, 11) is -2.78. The van der Waals surface area contributed by atoms with Crippen LogP contribution in [0.2, 0.25) is 0 Å². The smallest absolute Gasteiger partial charge is 0.153 e. The van der Waals surface area contributed by atoms with Crippen LogP contribution >= 0.6 is 0 Å². The minimum absolute atomic E-state index is 0.157. The molecule has 1 aliphatic heterocycles. The molecule has 1 saturated heterocycles. The van der Waals surface area contributed by atoms with Crippen molar-refractivity contribution in [3.63, 3.8) is 0 Å². The Morgan fingerprint density at radius 3 is 2.53 bits per heavy atom. The molecule has 5 heteroatoms. The molecule has 1 N–H and O–H groups in total. The lowest BCUT2D eigenvalue weighted by molar-refractivity contribution is 0.222. The van der Waals surface area contributed by atoms with Crippen LogP contribution in [0.25, 0.3) is 0 Å². The van der Waals surface area contributed by atoms with Gasteiger partial charge in [0.2, 0.25) is 0 Å². The Morgan fingerprint density at radius 1 is 1.35 bits per heavy atom. The summed E-state index contributed by atoms with van der Waals surface area (Å²) in [6.07, 6.45) is 0. The predicted molar refractivity (Wildman–Crippen MR) is 72.0 cm³/mol. The third-order valence-electron chi connectivity index (χ3n) is 3.67. The van der Waals surface area contributed by atoms with E-state index in [4.69, 9.17) is 0 Å². The number of nitrogens with zero attached hydrogens (tertiary/aromatic N) is 1. The highest BCUT2D eigenvalue weighted by molar-refractivity contribution is 7.91. The SMILES string of the molecule is CC(C)C(C)NCCN1CCS(=O)(=O)CC1C. The molecule has 0 radical (unpaired) electrons. The lowest BCUT2D eigenvalue weighted by atomic mass is 10.1. The van der Waals surface area contributed by atoms with Crippen LogP contribution in [0.5, 0.6) is 0 Å². The van der Waals surface area contributed by atoms with Crippen molar-refractivity contribution >= 4 is 9.84 Å². The summed E-state index contributed by atoms with van der Waals surface area (Å²) in [5.74, 6) is 1.26. The van der Waals surface area contributed by atoms with Crippen LogP contribution in [0.4, 0.5) is 0 Å². The van der Waals surface area contributed by atoms with E-state index in [9.17, 15) is 8.42 Å². The summed E-state index contributed by atoms with van der Waals surface area (Å²) in [6, 6.07) is 0.670. The first-order chi connectivity index (χ1) is 7.82. The molecular formula is C12H26N2O2S. The Balaban J connectivity index is 2.29. The summed E-state index contributed by atoms with van der Waals surface area (Å²) in [6.45, 7) is 11.2. The van der Waals surface area contributed by atoms with E-state index in [2.05, 4.69) is 31.0 Å². The van der Waals surface area contributed by atoms with Crippen LogP contribution in [0.1, 0.15) is 27.7 Å². The molecule has 1 heterocycles. The Morgan fingerprint density at radius 2 is 2.00 bits per heavy atom. The minimum atomic E-state index is -2.78. The maximum Gasteiger partial charge on any atom is 0.153 e. The van der Waals surface area contributed by atoms with Gasteiger partial charge in [-0.05, 0) is 19.8 Å². The standard InChI is InChI=1S/C12H26N2O2S/c1-10(2)12(4)13-5-6-14-7-8-17(15,16)9-11(14)3/h10-13H,5-9H2,1-4H3. The zero-order valence-electron chi connectivity index (χ0n) is 11.4. The van der Waals surface area contributed by atoms with Crippen LogP contribution < -0.4 is 5.32 Å². The van der Waals surface area contributed by atoms with Crippen LogP contribution in [0.3, 0.4) is 0 Å². The zero-order chi connectivity index (χ0) is 13.1. The van der Waals surface area contributed by atoms with Gasteiger partial charge >= 0.3 is 0 Å². The van der Waals surface area contributed by atoms with Gasteiger partial charge in [-0.2, -0.15) is 0 Å². The zero-order valence-corrected chi connectivity index (χ0v) is 12.3. The molecule has 4 nitrogen and oxygen atoms in total. The van der Waals surface area contributed by atoms with E-state index < -0.39 is 9.84 Å². The molecule has 1 aliphatic rings. The maximum atomic E-state index is 11.4. The second-order valence-corrected chi connectivity index (χ2v) is 7.71. The maximum absolute atomic E-state index is 11.4. The Bertz CT molecular complexity index is 327. The Kier molecular flexibility index (Phi) is 5.41. The first-order valence-electron chi connectivity index (χ1n) is 6.49. The average molecular weight is 262 g/mol. The molecule has 2 unspecified atom stereocenters. The topological polar surface area (TPSA) is 49.4 Å². The van der Waals surface area contributed by atoms with Gasteiger partial charge in [0.1, 0.15) is 0 Å². The molecule has 0 saturated carbocycles. The largest absolute Gasteiger partial charge is 0.313 e. The normalized spacial score (nSPS) is 27.2. The summed E-state index contributed by atoms with van der Waals surface area (Å²) >= 11 is 0. The van der Waals surface area contributed by atoms with Crippen LogP contribution in [-0.4, -0.2) is 56.5 Å². The van der Waals surface area contributed by atoms with E-state index in [1.54, 1.807) is 0 Å². The molecule has 0 aliphatic carbocycles. The molecule has 0 spiro atoms. The van der Waals surface area contributed by atoms with Crippen molar-refractivity contribution in [1.29, 1.82) is 0 Å². The summed E-state index contributed by atoms with van der Waals surface area (Å²) in [5, 5.41) is 3.48. The summed E-state index contributed by atoms with van der Waals surface area (Å²) in [5.41, 5.74) is 0. The fraction of sp³-hybridized carbons (Fsp3) is 1.00. The number of hydrogen-bond donors (Lipinski definition) is 1. The first kappa shape index (κ1) is 14.9. The van der Waals surface area contributed by atoms with E-state index >= 15 is 0 Å². The Hall–Kier alpha value is -0.130. The molecule has 0 aromatic heterocycles. The van der Waals surface area contributed by atoms with Gasteiger partial charge in [0.25, 0.3) is 0 Å². The average Bonchev–Trinajstić information content (AvgIpc) is 2.20. The van der Waals surface area contributed by atoms with Crippen molar-refractivity contribution in [3.05, 3.63) is 0 Å². The number of hydrogen-bond acceptors (Lipinski definition) is 4. The molecule has 0 aromatic carbocycles. The van der Waals surface area contributed by atoms with E-state index in [1.165, 1.54) is 0 Å². The molecule has 102 valence electrons. The van der Waals surface area contributed by atoms with E-state index in [-0.39, 0.29) is 6.04 Å². The fourth-order valence-corrected chi connectivity index (χ4v) is 3.66. The first-order valence-corrected chi connectivity index (χ1v) is 8.32. The summed E-state index contributed by atoms with van der Waals surface area (Å²) < 4.78 is 22.9. The molecule has 1 fully saturated rings. The molecule has 0 amide bonds. The molecule has 0 aromatic rings. The van der Waals surface area contributed by atoms with Crippen molar-refractivity contribution < 1.29 is 8.42 Å². The minimum Gasteiger partial charge on any atom is -0.313 e. The van der Waals surface area contributed by atoms with Gasteiger partial charge in [-0.1, -0.05) is 13.8 Å². The van der Waals surface area contributed by atoms with Crippen molar-refractivity contribution in [2.24, 2.45) is 5.92 Å². The van der Waals surface area contributed by atoms with Crippen LogP contribution in [0, 0.1) is 5.92 Å². The third kappa shape index (κ3) is 4.94. The highest BCUT2D eigenvalue weighted by Crippen LogP contribution is 2.10. The molecule has 0 bridgehead atoms. The second-order valence-electron chi connectivity index (χ2n) is 5.49. The van der Waals surface area contributed by atoms with Crippen LogP contribution in [-0.2, 0) is 9.84 Å². The van der Waals surface area contributed by atoms with E-state index in [1.807, 2.05) is 6.92 Å². The van der Waals surface area contributed by atoms with Gasteiger partial charge in [0.15, 0.2) is 9.84 Å². The monoisotopic (exact) mass is 262 g/mol. The molecular weight excluding hydrogens is 236 g/mol. The van der Waals surface area contributed by atoms with Crippen molar-refractivity contribution in [1.82, 2.24) is 10.2 Å². The van der Waals surface area contributed by atoms with Gasteiger partial charge in [0.05, 0.1) is 11.5 Å². The quantitative estimate of drug-likeness (QED) is 0.794. The number of sulfone groups is 1. The lowest BCUT2D eigenvalue weighted by Crippen LogP contribution is -2.49. The summed E-state index contributed by atoms with van der Waals surface area (Å²) in [4.78, 5) is 2.26. The van der Waals surface area contributed by atoms with E-state index in [0.29, 0.717) is 30.0 Å². The van der Waals surface area contributed by atoms with Gasteiger partial charge in [-0.25, -0.2) is 8.42 Å². The molecule has 2 atom stereocenters. The van der Waals surface area contributed by atoms with E-state index in [0.717, 1.165) is 13.1 Å². The molecule has 17 heavy (non-hydrogen) atoms. The number of rotatable bonds is 5. The van der Waals surface area contributed by atoms with Crippen molar-refractivity contribution in [3.8, 4) is 0 Å². The highest BCUT2D eigenvalue weighted by atomic mass is 32.2. The van der Waals surface area contributed by atoms with Gasteiger partial charge < -0.3 is 5.32 Å². The fourth-order valence-electron chi connectivity index (χ4n) is 2.04. The van der Waals surface area contributed by atoms with Crippen molar-refractivity contribution in [2.75, 3.05) is 31.1 Å². The highest BCUT2D eigenvalue weighted by Gasteiger charge is 2.27. The van der Waals surface area contributed by atoms with Crippen LogP contribution in [0.15, 0.2) is 0 Å².